The Morgan fingerprint density at radius 1 is 1.07 bits per heavy atom. The molecule has 7 heteroatoms. The van der Waals surface area contributed by atoms with Crippen molar-refractivity contribution in [1.29, 1.82) is 0 Å². The summed E-state index contributed by atoms with van der Waals surface area (Å²) in [5.74, 6) is -0.849. The summed E-state index contributed by atoms with van der Waals surface area (Å²) < 4.78 is 15.0. The van der Waals surface area contributed by atoms with Gasteiger partial charge in [-0.1, -0.05) is 35.3 Å². The molecule has 0 aliphatic rings. The van der Waals surface area contributed by atoms with Crippen molar-refractivity contribution in [3.8, 4) is 0 Å². The van der Waals surface area contributed by atoms with E-state index >= 15 is 0 Å². The summed E-state index contributed by atoms with van der Waals surface area (Å²) >= 11 is 11.9. The van der Waals surface area contributed by atoms with Crippen LogP contribution in [0.15, 0.2) is 59.5 Å². The van der Waals surface area contributed by atoms with Crippen LogP contribution >= 0.6 is 23.2 Å². The molecule has 0 saturated heterocycles. The van der Waals surface area contributed by atoms with E-state index in [-0.39, 0.29) is 17.7 Å². The second-order valence-corrected chi connectivity index (χ2v) is 6.86. The van der Waals surface area contributed by atoms with Crippen molar-refractivity contribution < 1.29 is 9.18 Å². The number of nitrogens with one attached hydrogen (secondary N) is 1. The third kappa shape index (κ3) is 4.56. The highest BCUT2D eigenvalue weighted by Crippen LogP contribution is 2.23. The maximum absolute atomic E-state index is 13.6. The van der Waals surface area contributed by atoms with Gasteiger partial charge in [0.05, 0.1) is 22.2 Å². The number of pyridine rings is 1. The van der Waals surface area contributed by atoms with Gasteiger partial charge in [-0.2, -0.15) is 0 Å². The monoisotopic (exact) mass is 404 g/mol. The number of hydrogen-bond donors (Lipinski definition) is 1. The number of nitrogens with zero attached hydrogens (tertiary/aromatic N) is 1. The normalized spacial score (nSPS) is 10.7. The van der Waals surface area contributed by atoms with E-state index in [0.717, 1.165) is 5.56 Å². The summed E-state index contributed by atoms with van der Waals surface area (Å²) in [7, 11) is 0. The maximum atomic E-state index is 13.6. The van der Waals surface area contributed by atoms with E-state index in [1.807, 2.05) is 0 Å². The molecule has 1 amide bonds. The molecule has 0 saturated carbocycles. The zero-order valence-electron chi connectivity index (χ0n) is 14.3. The zero-order valence-corrected chi connectivity index (χ0v) is 15.8. The quantitative estimate of drug-likeness (QED) is 0.671. The fourth-order valence-corrected chi connectivity index (χ4v) is 2.82. The van der Waals surface area contributed by atoms with E-state index in [1.165, 1.54) is 29.0 Å². The largest absolute Gasteiger partial charge is 0.322 e. The van der Waals surface area contributed by atoms with Gasteiger partial charge in [0.15, 0.2) is 0 Å². The van der Waals surface area contributed by atoms with Crippen LogP contribution in [-0.2, 0) is 6.54 Å². The predicted octanol–water partition coefficient (Wildman–Crippen LogP) is 4.90. The number of halogens is 3. The molecule has 0 bridgehead atoms. The Labute approximate surface area is 165 Å². The highest BCUT2D eigenvalue weighted by Gasteiger charge is 2.10. The van der Waals surface area contributed by atoms with Gasteiger partial charge in [-0.25, -0.2) is 4.39 Å². The summed E-state index contributed by atoms with van der Waals surface area (Å²) in [5, 5.41) is 3.43. The lowest BCUT2D eigenvalue weighted by Crippen LogP contribution is -2.22. The number of rotatable bonds is 4. The number of benzene rings is 2. The number of hydrogen-bond acceptors (Lipinski definition) is 2. The Morgan fingerprint density at radius 2 is 1.85 bits per heavy atom. The minimum absolute atomic E-state index is 0.232. The molecule has 4 nitrogen and oxygen atoms in total. The first-order valence-corrected chi connectivity index (χ1v) is 8.81. The maximum Gasteiger partial charge on any atom is 0.257 e. The first-order valence-electron chi connectivity index (χ1n) is 8.05. The Morgan fingerprint density at radius 3 is 2.56 bits per heavy atom. The van der Waals surface area contributed by atoms with E-state index in [0.29, 0.717) is 21.3 Å². The van der Waals surface area contributed by atoms with Crippen molar-refractivity contribution in [3.05, 3.63) is 97.6 Å². The fourth-order valence-electron chi connectivity index (χ4n) is 2.50. The van der Waals surface area contributed by atoms with Crippen molar-refractivity contribution in [2.24, 2.45) is 0 Å². The lowest BCUT2D eigenvalue weighted by atomic mass is 10.2. The second kappa shape index (κ2) is 7.94. The Bertz CT molecular complexity index is 1080. The van der Waals surface area contributed by atoms with Crippen molar-refractivity contribution in [2.45, 2.75) is 13.5 Å². The van der Waals surface area contributed by atoms with Crippen LogP contribution in [0.3, 0.4) is 0 Å². The molecule has 3 aromatic rings. The van der Waals surface area contributed by atoms with E-state index in [4.69, 9.17) is 23.2 Å². The minimum atomic E-state index is -0.443. The van der Waals surface area contributed by atoms with Gasteiger partial charge in [0, 0.05) is 18.0 Å². The zero-order chi connectivity index (χ0) is 19.6. The average Bonchev–Trinajstić information content (AvgIpc) is 2.63. The van der Waals surface area contributed by atoms with Crippen molar-refractivity contribution >= 4 is 34.8 Å². The van der Waals surface area contributed by atoms with Crippen LogP contribution in [0, 0.1) is 12.7 Å². The molecule has 0 spiro atoms. The lowest BCUT2D eigenvalue weighted by molar-refractivity contribution is 0.102. The minimum Gasteiger partial charge on any atom is -0.322 e. The summed E-state index contributed by atoms with van der Waals surface area (Å²) in [6.07, 6.45) is 1.45. The summed E-state index contributed by atoms with van der Waals surface area (Å²) in [6, 6.07) is 12.2. The molecule has 0 unspecified atom stereocenters. The van der Waals surface area contributed by atoms with Gasteiger partial charge in [0.25, 0.3) is 11.5 Å². The molecule has 138 valence electrons. The molecule has 0 aliphatic carbocycles. The molecule has 2 aromatic carbocycles. The van der Waals surface area contributed by atoms with Crippen molar-refractivity contribution in [2.75, 3.05) is 5.32 Å². The highest BCUT2D eigenvalue weighted by molar-refractivity contribution is 6.42. The predicted molar refractivity (Wildman–Crippen MR) is 105 cm³/mol. The second-order valence-electron chi connectivity index (χ2n) is 6.05. The summed E-state index contributed by atoms with van der Waals surface area (Å²) in [4.78, 5) is 24.6. The van der Waals surface area contributed by atoms with Crippen LogP contribution in [0.2, 0.25) is 10.0 Å². The number of carbonyl (C=O) groups excluding carboxylic acids is 1. The summed E-state index contributed by atoms with van der Waals surface area (Å²) in [5.41, 5.74) is 1.60. The van der Waals surface area contributed by atoms with Crippen LogP contribution < -0.4 is 10.9 Å². The van der Waals surface area contributed by atoms with E-state index in [9.17, 15) is 14.0 Å². The lowest BCUT2D eigenvalue weighted by Gasteiger charge is -2.10. The van der Waals surface area contributed by atoms with Crippen LogP contribution in [0.5, 0.6) is 0 Å². The molecular formula is C20H15Cl2FN2O2. The van der Waals surface area contributed by atoms with Gasteiger partial charge in [0.2, 0.25) is 0 Å². The van der Waals surface area contributed by atoms with Gasteiger partial charge in [-0.05, 0) is 48.4 Å². The first-order chi connectivity index (χ1) is 12.8. The van der Waals surface area contributed by atoms with Gasteiger partial charge in [-0.3, -0.25) is 9.59 Å². The molecule has 1 aromatic heterocycles. The smallest absolute Gasteiger partial charge is 0.257 e. The number of aromatic nitrogens is 1. The molecule has 0 atom stereocenters. The first kappa shape index (κ1) is 19.1. The number of anilines is 1. The molecule has 0 fully saturated rings. The number of carbonyl (C=O) groups is 1. The number of aryl methyl sites for hydroxylation is 1. The molecule has 0 aliphatic heterocycles. The molecule has 1 N–H and O–H groups in total. The standard InChI is InChI=1S/C20H15Cl2FN2O2/c1-12-2-5-15(9-18(12)23)24-20(27)14-4-7-19(26)25(11-14)10-13-3-6-16(21)17(22)8-13/h2-9,11H,10H2,1H3,(H,24,27). The summed E-state index contributed by atoms with van der Waals surface area (Å²) in [6.45, 7) is 1.87. The third-order valence-corrected chi connectivity index (χ3v) is 4.75. The van der Waals surface area contributed by atoms with Crippen LogP contribution in [0.1, 0.15) is 21.5 Å². The molecule has 27 heavy (non-hydrogen) atoms. The number of amides is 1. The van der Waals surface area contributed by atoms with Crippen molar-refractivity contribution in [3.63, 3.8) is 0 Å². The van der Waals surface area contributed by atoms with Crippen molar-refractivity contribution in [1.82, 2.24) is 4.57 Å². The SMILES string of the molecule is Cc1ccc(NC(=O)c2ccc(=O)n(Cc3ccc(Cl)c(Cl)c3)c2)cc1F. The van der Waals surface area contributed by atoms with Crippen LogP contribution in [0.4, 0.5) is 10.1 Å². The van der Waals surface area contributed by atoms with Gasteiger partial charge in [-0.15, -0.1) is 0 Å². The molecule has 3 rings (SSSR count). The van der Waals surface area contributed by atoms with E-state index in [2.05, 4.69) is 5.32 Å². The van der Waals surface area contributed by atoms with Gasteiger partial charge < -0.3 is 9.88 Å². The average molecular weight is 405 g/mol. The van der Waals surface area contributed by atoms with Gasteiger partial charge in [0.1, 0.15) is 5.82 Å². The third-order valence-electron chi connectivity index (χ3n) is 4.01. The highest BCUT2D eigenvalue weighted by atomic mass is 35.5. The van der Waals surface area contributed by atoms with E-state index in [1.54, 1.807) is 37.3 Å². The molecule has 0 radical (unpaired) electrons. The molecule has 1 heterocycles. The van der Waals surface area contributed by atoms with Crippen LogP contribution in [-0.4, -0.2) is 10.5 Å². The Hall–Kier alpha value is -2.63. The molecular weight excluding hydrogens is 390 g/mol. The fraction of sp³-hybridized carbons (Fsp3) is 0.100. The van der Waals surface area contributed by atoms with Gasteiger partial charge >= 0.3 is 0 Å². The Kier molecular flexibility index (Phi) is 5.63. The topological polar surface area (TPSA) is 51.1 Å². The van der Waals surface area contributed by atoms with Crippen LogP contribution in [0.25, 0.3) is 0 Å². The Balaban J connectivity index is 1.83. The van der Waals surface area contributed by atoms with E-state index < -0.39 is 11.7 Å².